The minimum Gasteiger partial charge on any atom is -0.364 e. The lowest BCUT2D eigenvalue weighted by Crippen LogP contribution is -2.16. The number of nitriles is 1. The van der Waals surface area contributed by atoms with Crippen molar-refractivity contribution in [2.75, 3.05) is 6.61 Å². The van der Waals surface area contributed by atoms with Crippen LogP contribution in [0.25, 0.3) is 11.6 Å². The lowest BCUT2D eigenvalue weighted by Gasteiger charge is -2.04. The van der Waals surface area contributed by atoms with E-state index in [1.54, 1.807) is 6.07 Å². The lowest BCUT2D eigenvalue weighted by molar-refractivity contribution is -0.177. The maximum Gasteiger partial charge on any atom is 0.411 e. The molecule has 0 aliphatic carbocycles. The van der Waals surface area contributed by atoms with Gasteiger partial charge in [0.25, 0.3) is 5.89 Å². The van der Waals surface area contributed by atoms with E-state index in [0.29, 0.717) is 11.4 Å². The third-order valence-electron chi connectivity index (χ3n) is 2.00. The summed E-state index contributed by atoms with van der Waals surface area (Å²) in [5, 5.41) is 12.1. The molecule has 0 atom stereocenters. The number of rotatable bonds is 4. The Morgan fingerprint density at radius 1 is 1.42 bits per heavy atom. The highest BCUT2D eigenvalue weighted by Crippen LogP contribution is 2.18. The average molecular weight is 272 g/mol. The number of alkyl halides is 3. The molecule has 2 aromatic heterocycles. The van der Waals surface area contributed by atoms with Gasteiger partial charge in [-0.05, 0) is 12.1 Å². The van der Waals surface area contributed by atoms with Gasteiger partial charge in [-0.15, -0.1) is 0 Å². The van der Waals surface area contributed by atoms with Crippen LogP contribution in [-0.4, -0.2) is 27.9 Å². The van der Waals surface area contributed by atoms with Crippen LogP contribution in [0.5, 0.6) is 0 Å². The van der Waals surface area contributed by atoms with Crippen molar-refractivity contribution in [2.45, 2.75) is 12.8 Å². The number of aromatic nitrogens is 3. The Balaban J connectivity index is 1.97. The van der Waals surface area contributed by atoms with Crippen molar-refractivity contribution in [3.05, 3.63) is 23.7 Å². The maximum atomic E-state index is 11.8. The summed E-state index contributed by atoms with van der Waals surface area (Å²) in [5.41, 5.74) is 0.717. The summed E-state index contributed by atoms with van der Waals surface area (Å²) in [6, 6.07) is 4.94. The summed E-state index contributed by atoms with van der Waals surface area (Å²) in [7, 11) is 0. The van der Waals surface area contributed by atoms with Gasteiger partial charge in [-0.3, -0.25) is 0 Å². The number of ether oxygens (including phenoxy) is 1. The summed E-state index contributed by atoms with van der Waals surface area (Å²) in [6.07, 6.45) is -4.40. The first-order valence-corrected chi connectivity index (χ1v) is 5.04. The topological polar surface area (TPSA) is 87.7 Å². The number of hydrogen-bond acceptors (Lipinski definition) is 5. The monoisotopic (exact) mass is 272 g/mol. The number of hydrogen-bond donors (Lipinski definition) is 1. The van der Waals surface area contributed by atoms with Crippen LogP contribution in [0.1, 0.15) is 11.5 Å². The Labute approximate surface area is 104 Å². The van der Waals surface area contributed by atoms with Crippen LogP contribution in [-0.2, 0) is 11.3 Å². The summed E-state index contributed by atoms with van der Waals surface area (Å²) in [6.45, 7) is -1.78. The number of aromatic amines is 1. The molecule has 0 unspecified atom stereocenters. The number of halogens is 3. The average Bonchev–Trinajstić information content (AvgIpc) is 2.94. The fourth-order valence-electron chi connectivity index (χ4n) is 1.27. The van der Waals surface area contributed by atoms with Gasteiger partial charge in [0.1, 0.15) is 30.7 Å². The molecule has 0 saturated carbocycles. The molecule has 0 amide bonds. The van der Waals surface area contributed by atoms with Crippen LogP contribution in [0.2, 0.25) is 0 Å². The molecule has 0 bridgehead atoms. The fourth-order valence-corrected chi connectivity index (χ4v) is 1.27. The Morgan fingerprint density at radius 3 is 2.84 bits per heavy atom. The molecule has 0 aliphatic rings. The van der Waals surface area contributed by atoms with Gasteiger partial charge >= 0.3 is 6.18 Å². The Kier molecular flexibility index (Phi) is 3.52. The summed E-state index contributed by atoms with van der Waals surface area (Å²) < 4.78 is 44.8. The van der Waals surface area contributed by atoms with Crippen LogP contribution < -0.4 is 0 Å². The Bertz CT molecular complexity index is 596. The maximum absolute atomic E-state index is 11.8. The summed E-state index contributed by atoms with van der Waals surface area (Å²) in [4.78, 5) is 6.53. The molecule has 19 heavy (non-hydrogen) atoms. The van der Waals surface area contributed by atoms with Crippen LogP contribution in [0.3, 0.4) is 0 Å². The van der Waals surface area contributed by atoms with Gasteiger partial charge in [-0.25, -0.2) is 0 Å². The van der Waals surface area contributed by atoms with Crippen molar-refractivity contribution in [3.63, 3.8) is 0 Å². The molecule has 0 radical (unpaired) electrons. The normalized spacial score (nSPS) is 11.5. The lowest BCUT2D eigenvalue weighted by atomic mass is 10.4. The first-order valence-electron chi connectivity index (χ1n) is 5.04. The second-order valence-corrected chi connectivity index (χ2v) is 3.52. The quantitative estimate of drug-likeness (QED) is 0.919. The van der Waals surface area contributed by atoms with Gasteiger partial charge in [0.15, 0.2) is 5.82 Å². The predicted octanol–water partition coefficient (Wildman–Crippen LogP) is 2.02. The number of H-pyrrole nitrogens is 1. The van der Waals surface area contributed by atoms with Gasteiger partial charge in [0.2, 0.25) is 0 Å². The second kappa shape index (κ2) is 5.11. The number of nitrogens with zero attached hydrogens (tertiary/aromatic N) is 3. The Morgan fingerprint density at radius 2 is 2.21 bits per heavy atom. The smallest absolute Gasteiger partial charge is 0.364 e. The molecule has 0 aliphatic heterocycles. The molecule has 9 heteroatoms. The van der Waals surface area contributed by atoms with E-state index in [2.05, 4.69) is 19.9 Å². The molecule has 2 rings (SSSR count). The zero-order valence-corrected chi connectivity index (χ0v) is 9.36. The van der Waals surface area contributed by atoms with Crippen LogP contribution in [0.15, 0.2) is 16.7 Å². The van der Waals surface area contributed by atoms with E-state index in [-0.39, 0.29) is 11.7 Å². The molecule has 0 fully saturated rings. The second-order valence-electron chi connectivity index (χ2n) is 3.52. The summed E-state index contributed by atoms with van der Waals surface area (Å²) >= 11 is 0. The van der Waals surface area contributed by atoms with Crippen LogP contribution >= 0.6 is 0 Å². The van der Waals surface area contributed by atoms with Crippen molar-refractivity contribution in [1.82, 2.24) is 15.1 Å². The van der Waals surface area contributed by atoms with Gasteiger partial charge in [-0.1, -0.05) is 5.16 Å². The molecule has 100 valence electrons. The molecule has 6 nitrogen and oxygen atoms in total. The number of nitrogens with one attached hydrogen (secondary N) is 1. The molecule has 0 spiro atoms. The predicted molar refractivity (Wildman–Crippen MR) is 54.5 cm³/mol. The van der Waals surface area contributed by atoms with E-state index in [1.807, 2.05) is 6.07 Å². The van der Waals surface area contributed by atoms with Crippen molar-refractivity contribution < 1.29 is 22.4 Å². The standard InChI is InChI=1S/C10H7F3N4O2/c11-10(12,13)5-18-4-8-16-9(19-17-8)7-2-1-6(3-14)15-7/h1-2,15H,4-5H2. The Hall–Kier alpha value is -2.34. The van der Waals surface area contributed by atoms with E-state index in [4.69, 9.17) is 9.78 Å². The molecule has 2 heterocycles. The molecular formula is C10H7F3N4O2. The van der Waals surface area contributed by atoms with Gasteiger partial charge in [0.05, 0.1) is 0 Å². The molecule has 0 saturated heterocycles. The van der Waals surface area contributed by atoms with Gasteiger partial charge in [0, 0.05) is 0 Å². The van der Waals surface area contributed by atoms with E-state index >= 15 is 0 Å². The third-order valence-corrected chi connectivity index (χ3v) is 2.00. The van der Waals surface area contributed by atoms with Crippen molar-refractivity contribution >= 4 is 0 Å². The molecule has 2 aromatic rings. The third kappa shape index (κ3) is 3.56. The van der Waals surface area contributed by atoms with Crippen molar-refractivity contribution in [2.24, 2.45) is 0 Å². The highest BCUT2D eigenvalue weighted by atomic mass is 19.4. The van der Waals surface area contributed by atoms with E-state index < -0.39 is 19.4 Å². The first kappa shape index (κ1) is 13.1. The SMILES string of the molecule is N#Cc1ccc(-c2nc(COCC(F)(F)F)no2)[nH]1. The van der Waals surface area contributed by atoms with Crippen LogP contribution in [0, 0.1) is 11.3 Å². The van der Waals surface area contributed by atoms with Crippen molar-refractivity contribution in [1.29, 1.82) is 5.26 Å². The minimum absolute atomic E-state index is 0.00708. The van der Waals surface area contributed by atoms with Crippen molar-refractivity contribution in [3.8, 4) is 17.7 Å². The minimum atomic E-state index is -4.40. The zero-order chi connectivity index (χ0) is 13.9. The largest absolute Gasteiger partial charge is 0.411 e. The zero-order valence-electron chi connectivity index (χ0n) is 9.36. The molecule has 0 aromatic carbocycles. The highest BCUT2D eigenvalue weighted by Gasteiger charge is 2.27. The summed E-state index contributed by atoms with van der Waals surface area (Å²) in [5.74, 6) is 0.0690. The van der Waals surface area contributed by atoms with E-state index in [1.165, 1.54) is 6.07 Å². The molecular weight excluding hydrogens is 265 g/mol. The van der Waals surface area contributed by atoms with Gasteiger partial charge in [-0.2, -0.15) is 23.4 Å². The van der Waals surface area contributed by atoms with E-state index in [9.17, 15) is 13.2 Å². The highest BCUT2D eigenvalue weighted by molar-refractivity contribution is 5.49. The van der Waals surface area contributed by atoms with E-state index in [0.717, 1.165) is 0 Å². The van der Waals surface area contributed by atoms with Crippen LogP contribution in [0.4, 0.5) is 13.2 Å². The van der Waals surface area contributed by atoms with Gasteiger partial charge < -0.3 is 14.2 Å². The first-order chi connectivity index (χ1) is 8.98. The molecule has 1 N–H and O–H groups in total. The fraction of sp³-hybridized carbons (Fsp3) is 0.300.